The highest BCUT2D eigenvalue weighted by Gasteiger charge is 2.18. The molecule has 0 bridgehead atoms. The number of ether oxygens (including phenoxy) is 2. The molecule has 0 saturated carbocycles. The summed E-state index contributed by atoms with van der Waals surface area (Å²) in [6, 6.07) is 4.94. The first-order chi connectivity index (χ1) is 7.10. The number of halogens is 2. The fourth-order valence-electron chi connectivity index (χ4n) is 1.12. The maximum Gasteiger partial charge on any atom is 0.195 e. The molecule has 0 aliphatic heterocycles. The Hall–Kier alpha value is -0.740. The van der Waals surface area contributed by atoms with Crippen LogP contribution in [0, 0.1) is 0 Å². The third-order valence-corrected chi connectivity index (χ3v) is 2.49. The highest BCUT2D eigenvalue weighted by atomic mass is 79.9. The van der Waals surface area contributed by atoms with E-state index in [1.165, 1.54) is 7.11 Å². The number of alkyl halides is 2. The van der Waals surface area contributed by atoms with Gasteiger partial charge in [0.25, 0.3) is 0 Å². The zero-order valence-corrected chi connectivity index (χ0v) is 10.6. The van der Waals surface area contributed by atoms with Crippen molar-refractivity contribution in [3.8, 4) is 11.5 Å². The van der Waals surface area contributed by atoms with Crippen molar-refractivity contribution in [2.45, 2.75) is 4.29 Å². The number of hydrogen-bond acceptors (Lipinski definition) is 3. The molecule has 1 aromatic carbocycles. The van der Waals surface area contributed by atoms with Gasteiger partial charge in [-0.2, -0.15) is 0 Å². The molecule has 0 spiro atoms. The first kappa shape index (κ1) is 12.3. The van der Waals surface area contributed by atoms with Crippen LogP contribution in [0.2, 0.25) is 0 Å². The van der Waals surface area contributed by atoms with Gasteiger partial charge in [0, 0.05) is 6.07 Å². The Morgan fingerprint density at radius 1 is 1.40 bits per heavy atom. The van der Waals surface area contributed by atoms with Gasteiger partial charge in [0.1, 0.15) is 11.5 Å². The van der Waals surface area contributed by atoms with Crippen molar-refractivity contribution >= 4 is 33.3 Å². The van der Waals surface area contributed by atoms with E-state index in [4.69, 9.17) is 21.1 Å². The van der Waals surface area contributed by atoms with E-state index in [1.807, 2.05) is 0 Å². The van der Waals surface area contributed by atoms with Gasteiger partial charge in [0.15, 0.2) is 10.1 Å². The fraction of sp³-hybridized carbons (Fsp3) is 0.300. The Balaban J connectivity index is 3.13. The van der Waals surface area contributed by atoms with Crippen molar-refractivity contribution in [1.29, 1.82) is 0 Å². The number of carbonyl (C=O) groups excluding carboxylic acids is 1. The number of benzene rings is 1. The minimum absolute atomic E-state index is 0.240. The van der Waals surface area contributed by atoms with E-state index in [1.54, 1.807) is 25.3 Å². The van der Waals surface area contributed by atoms with Gasteiger partial charge in [-0.25, -0.2) is 0 Å². The Morgan fingerprint density at radius 2 is 2.07 bits per heavy atom. The topological polar surface area (TPSA) is 35.5 Å². The maximum absolute atomic E-state index is 11.6. The van der Waals surface area contributed by atoms with Gasteiger partial charge in [0.2, 0.25) is 0 Å². The molecule has 0 aliphatic carbocycles. The predicted octanol–water partition coefficient (Wildman–Crippen LogP) is 2.85. The summed E-state index contributed by atoms with van der Waals surface area (Å²) in [7, 11) is 3.04. The predicted molar refractivity (Wildman–Crippen MR) is 62.4 cm³/mol. The van der Waals surface area contributed by atoms with E-state index < -0.39 is 4.29 Å². The second-order valence-electron chi connectivity index (χ2n) is 2.73. The number of hydrogen-bond donors (Lipinski definition) is 0. The molecule has 3 nitrogen and oxygen atoms in total. The molecule has 5 heteroatoms. The lowest BCUT2D eigenvalue weighted by molar-refractivity contribution is 0.101. The van der Waals surface area contributed by atoms with Gasteiger partial charge in [-0.1, -0.05) is 15.9 Å². The minimum atomic E-state index is -0.750. The fourth-order valence-corrected chi connectivity index (χ4v) is 1.48. The number of carbonyl (C=O) groups is 1. The lowest BCUT2D eigenvalue weighted by Gasteiger charge is -2.09. The number of ketones is 1. The summed E-state index contributed by atoms with van der Waals surface area (Å²) in [6.45, 7) is 0. The molecule has 15 heavy (non-hydrogen) atoms. The molecule has 0 fully saturated rings. The molecular weight excluding hydrogens is 283 g/mol. The van der Waals surface area contributed by atoms with Crippen molar-refractivity contribution in [3.05, 3.63) is 23.8 Å². The van der Waals surface area contributed by atoms with Gasteiger partial charge < -0.3 is 9.47 Å². The monoisotopic (exact) mass is 292 g/mol. The summed E-state index contributed by atoms with van der Waals surface area (Å²) in [4.78, 5) is 11.6. The van der Waals surface area contributed by atoms with E-state index in [9.17, 15) is 4.79 Å². The summed E-state index contributed by atoms with van der Waals surface area (Å²) in [5.74, 6) is 0.838. The third kappa shape index (κ3) is 2.86. The second kappa shape index (κ2) is 5.37. The SMILES string of the molecule is COc1ccc(C(=O)C(Cl)Br)c(OC)c1. The third-order valence-electron chi connectivity index (χ3n) is 1.87. The van der Waals surface area contributed by atoms with Crippen LogP contribution in [0.15, 0.2) is 18.2 Å². The average Bonchev–Trinajstić information content (AvgIpc) is 2.27. The van der Waals surface area contributed by atoms with Crippen LogP contribution in [0.1, 0.15) is 10.4 Å². The van der Waals surface area contributed by atoms with Gasteiger partial charge >= 0.3 is 0 Å². The summed E-state index contributed by atoms with van der Waals surface area (Å²) >= 11 is 8.65. The lowest BCUT2D eigenvalue weighted by Crippen LogP contribution is -2.09. The normalized spacial score (nSPS) is 12.0. The Kier molecular flexibility index (Phi) is 4.42. The van der Waals surface area contributed by atoms with Gasteiger partial charge in [-0.15, -0.1) is 11.6 Å². The van der Waals surface area contributed by atoms with E-state index >= 15 is 0 Å². The first-order valence-corrected chi connectivity index (χ1v) is 5.49. The molecular formula is C10H10BrClO3. The van der Waals surface area contributed by atoms with Crippen LogP contribution in [-0.2, 0) is 0 Å². The van der Waals surface area contributed by atoms with Crippen LogP contribution in [0.5, 0.6) is 11.5 Å². The van der Waals surface area contributed by atoms with Gasteiger partial charge in [-0.05, 0) is 12.1 Å². The molecule has 1 unspecified atom stereocenters. The largest absolute Gasteiger partial charge is 0.497 e. The standard InChI is InChI=1S/C10H10BrClO3/c1-14-6-3-4-7(8(5-6)15-2)9(13)10(11)12/h3-5,10H,1-2H3. The number of methoxy groups -OCH3 is 2. The van der Waals surface area contributed by atoms with Crippen LogP contribution in [0.3, 0.4) is 0 Å². The molecule has 0 aromatic heterocycles. The highest BCUT2D eigenvalue weighted by Crippen LogP contribution is 2.27. The van der Waals surface area contributed by atoms with E-state index in [0.717, 1.165) is 0 Å². The second-order valence-corrected chi connectivity index (χ2v) is 4.61. The molecule has 0 N–H and O–H groups in total. The minimum Gasteiger partial charge on any atom is -0.497 e. The van der Waals surface area contributed by atoms with Crippen LogP contribution in [0.4, 0.5) is 0 Å². The molecule has 0 heterocycles. The summed E-state index contributed by atoms with van der Waals surface area (Å²) in [5.41, 5.74) is 0.426. The van der Waals surface area contributed by atoms with Crippen molar-refractivity contribution in [3.63, 3.8) is 0 Å². The van der Waals surface area contributed by atoms with Crippen LogP contribution >= 0.6 is 27.5 Å². The quantitative estimate of drug-likeness (QED) is 0.632. The van der Waals surface area contributed by atoms with Crippen molar-refractivity contribution in [2.75, 3.05) is 14.2 Å². The number of Topliss-reactive ketones (excluding diaryl/α,β-unsaturated/α-hetero) is 1. The van der Waals surface area contributed by atoms with Crippen molar-refractivity contribution in [1.82, 2.24) is 0 Å². The molecule has 1 rings (SSSR count). The maximum atomic E-state index is 11.6. The van der Waals surface area contributed by atoms with E-state index in [-0.39, 0.29) is 5.78 Å². The van der Waals surface area contributed by atoms with Crippen LogP contribution < -0.4 is 9.47 Å². The van der Waals surface area contributed by atoms with E-state index in [0.29, 0.717) is 17.1 Å². The summed E-state index contributed by atoms with van der Waals surface area (Å²) < 4.78 is 9.34. The Bertz CT molecular complexity index is 366. The zero-order chi connectivity index (χ0) is 11.4. The van der Waals surface area contributed by atoms with Crippen molar-refractivity contribution < 1.29 is 14.3 Å². The molecule has 0 amide bonds. The molecule has 82 valence electrons. The van der Waals surface area contributed by atoms with Gasteiger partial charge in [-0.3, -0.25) is 4.79 Å². The summed E-state index contributed by atoms with van der Waals surface area (Å²) in [6.07, 6.45) is 0. The zero-order valence-electron chi connectivity index (χ0n) is 8.29. The van der Waals surface area contributed by atoms with Crippen LogP contribution in [0.25, 0.3) is 0 Å². The molecule has 0 saturated heterocycles. The van der Waals surface area contributed by atoms with Gasteiger partial charge in [0.05, 0.1) is 19.8 Å². The average molecular weight is 294 g/mol. The summed E-state index contributed by atoms with van der Waals surface area (Å²) in [5, 5.41) is 0. The molecule has 1 aromatic rings. The van der Waals surface area contributed by atoms with E-state index in [2.05, 4.69) is 15.9 Å². The lowest BCUT2D eigenvalue weighted by atomic mass is 10.1. The van der Waals surface area contributed by atoms with Crippen LogP contribution in [-0.4, -0.2) is 24.3 Å². The highest BCUT2D eigenvalue weighted by molar-refractivity contribution is 9.10. The Morgan fingerprint density at radius 3 is 2.53 bits per heavy atom. The molecule has 0 aliphatic rings. The van der Waals surface area contributed by atoms with Crippen molar-refractivity contribution in [2.24, 2.45) is 0 Å². The first-order valence-electron chi connectivity index (χ1n) is 4.14. The number of rotatable bonds is 4. The smallest absolute Gasteiger partial charge is 0.195 e. The molecule has 1 atom stereocenters. The Labute approximate surface area is 101 Å². The molecule has 0 radical (unpaired) electrons.